The summed E-state index contributed by atoms with van der Waals surface area (Å²) in [6, 6.07) is 2.14. The van der Waals surface area contributed by atoms with E-state index in [1.54, 1.807) is 5.57 Å². The topological polar surface area (TPSA) is 48.9 Å². The Bertz CT molecular complexity index is 733. The molecule has 0 aromatic carbocycles. The van der Waals surface area contributed by atoms with Crippen LogP contribution in [0.5, 0.6) is 0 Å². The van der Waals surface area contributed by atoms with Crippen LogP contribution in [0.15, 0.2) is 30.0 Å². The molecule has 0 bridgehead atoms. The van der Waals surface area contributed by atoms with Gasteiger partial charge in [0.25, 0.3) is 0 Å². The van der Waals surface area contributed by atoms with Gasteiger partial charge < -0.3 is 5.11 Å². The number of aliphatic hydroxyl groups is 1. The standard InChI is InChI=1S/C22H30N2O/c1-21-10-7-15(25)13-14(21)3-4-16-17-5-6-19(20-9-12-23-24-20)22(17,2)11-8-18(16)21/h6,9,12-13,15-18,25H,3-5,7-8,10-11H2,1-2H3,(H,23,24)/t15-,16-,17-,18-,21-,22-/m0/s1. The van der Waals surface area contributed by atoms with E-state index in [9.17, 15) is 5.11 Å². The predicted octanol–water partition coefficient (Wildman–Crippen LogP) is 4.73. The molecule has 6 atom stereocenters. The Hall–Kier alpha value is -1.35. The number of nitrogens with one attached hydrogen (secondary N) is 1. The summed E-state index contributed by atoms with van der Waals surface area (Å²) in [6.45, 7) is 5.01. The van der Waals surface area contributed by atoms with Gasteiger partial charge in [-0.25, -0.2) is 0 Å². The van der Waals surface area contributed by atoms with E-state index < -0.39 is 0 Å². The molecule has 0 unspecified atom stereocenters. The molecule has 0 aliphatic heterocycles. The van der Waals surface area contributed by atoms with Crippen molar-refractivity contribution in [1.82, 2.24) is 10.2 Å². The summed E-state index contributed by atoms with van der Waals surface area (Å²) in [4.78, 5) is 0. The van der Waals surface area contributed by atoms with Crippen molar-refractivity contribution < 1.29 is 5.11 Å². The molecule has 0 spiro atoms. The van der Waals surface area contributed by atoms with Crippen LogP contribution in [0.3, 0.4) is 0 Å². The normalized spacial score (nSPS) is 45.9. The van der Waals surface area contributed by atoms with Crippen molar-refractivity contribution in [2.45, 2.75) is 64.9 Å². The third-order valence-corrected chi connectivity index (χ3v) is 8.46. The fraction of sp³-hybridized carbons (Fsp3) is 0.682. The zero-order chi connectivity index (χ0) is 17.2. The van der Waals surface area contributed by atoms with E-state index in [0.717, 1.165) is 24.2 Å². The van der Waals surface area contributed by atoms with Crippen molar-refractivity contribution >= 4 is 5.57 Å². The number of allylic oxidation sites excluding steroid dienone is 3. The largest absolute Gasteiger partial charge is 0.389 e. The summed E-state index contributed by atoms with van der Waals surface area (Å²) >= 11 is 0. The fourth-order valence-electron chi connectivity index (χ4n) is 7.10. The minimum absolute atomic E-state index is 0.200. The van der Waals surface area contributed by atoms with Gasteiger partial charge in [-0.3, -0.25) is 5.10 Å². The molecular weight excluding hydrogens is 308 g/mol. The minimum Gasteiger partial charge on any atom is -0.389 e. The smallest absolute Gasteiger partial charge is 0.0724 e. The highest BCUT2D eigenvalue weighted by atomic mass is 16.3. The lowest BCUT2D eigenvalue weighted by atomic mass is 9.47. The molecule has 0 amide bonds. The van der Waals surface area contributed by atoms with Gasteiger partial charge in [0.05, 0.1) is 11.8 Å². The Balaban J connectivity index is 1.48. The van der Waals surface area contributed by atoms with Crippen LogP contribution in [0.25, 0.3) is 5.57 Å². The van der Waals surface area contributed by atoms with Gasteiger partial charge in [0.2, 0.25) is 0 Å². The van der Waals surface area contributed by atoms with Crippen LogP contribution in [0.2, 0.25) is 0 Å². The Labute approximate surface area is 150 Å². The van der Waals surface area contributed by atoms with Gasteiger partial charge in [0.15, 0.2) is 0 Å². The molecule has 25 heavy (non-hydrogen) atoms. The maximum absolute atomic E-state index is 10.1. The van der Waals surface area contributed by atoms with Crippen molar-refractivity contribution in [1.29, 1.82) is 0 Å². The highest BCUT2D eigenvalue weighted by Crippen LogP contribution is 2.66. The summed E-state index contributed by atoms with van der Waals surface area (Å²) in [7, 11) is 0. The van der Waals surface area contributed by atoms with Crippen LogP contribution in [0.1, 0.15) is 64.5 Å². The number of H-pyrrole nitrogens is 1. The first-order valence-electron chi connectivity index (χ1n) is 10.1. The molecular formula is C22H30N2O. The van der Waals surface area contributed by atoms with Gasteiger partial charge in [-0.1, -0.05) is 31.6 Å². The van der Waals surface area contributed by atoms with Crippen LogP contribution in [-0.4, -0.2) is 21.4 Å². The third kappa shape index (κ3) is 2.11. The molecule has 1 aromatic heterocycles. The monoisotopic (exact) mass is 338 g/mol. The molecule has 3 heteroatoms. The maximum Gasteiger partial charge on any atom is 0.0724 e. The number of aromatic amines is 1. The van der Waals surface area contributed by atoms with Crippen molar-refractivity contribution in [3.05, 3.63) is 35.7 Å². The predicted molar refractivity (Wildman–Crippen MR) is 99.7 cm³/mol. The number of aliphatic hydroxyl groups excluding tert-OH is 1. The molecule has 1 aromatic rings. The number of rotatable bonds is 1. The Morgan fingerprint density at radius 3 is 2.76 bits per heavy atom. The first kappa shape index (κ1) is 15.9. The number of hydrogen-bond acceptors (Lipinski definition) is 2. The molecule has 2 fully saturated rings. The van der Waals surface area contributed by atoms with Crippen LogP contribution in [0, 0.1) is 28.6 Å². The number of hydrogen-bond donors (Lipinski definition) is 2. The SMILES string of the molecule is C[C@]12CC[C@H](O)C=C1CC[C@@H]1[C@@H]2CC[C@]2(C)C(c3ccn[nH]3)=CC[C@@H]12. The lowest BCUT2D eigenvalue weighted by Crippen LogP contribution is -2.50. The van der Waals surface area contributed by atoms with E-state index in [-0.39, 0.29) is 6.10 Å². The van der Waals surface area contributed by atoms with Gasteiger partial charge in [0, 0.05) is 6.20 Å². The number of nitrogens with zero attached hydrogens (tertiary/aromatic N) is 1. The van der Waals surface area contributed by atoms with E-state index in [4.69, 9.17) is 0 Å². The molecule has 1 heterocycles. The van der Waals surface area contributed by atoms with Crippen LogP contribution in [-0.2, 0) is 0 Å². The van der Waals surface area contributed by atoms with Gasteiger partial charge >= 0.3 is 0 Å². The molecule has 0 saturated heterocycles. The molecule has 4 aliphatic rings. The van der Waals surface area contributed by atoms with Gasteiger partial charge in [-0.05, 0) is 85.2 Å². The molecule has 4 aliphatic carbocycles. The minimum atomic E-state index is -0.200. The summed E-state index contributed by atoms with van der Waals surface area (Å²) in [5, 5.41) is 17.5. The number of fused-ring (bicyclic) bond motifs is 5. The maximum atomic E-state index is 10.1. The van der Waals surface area contributed by atoms with Crippen LogP contribution < -0.4 is 0 Å². The quantitative estimate of drug-likeness (QED) is 0.728. The van der Waals surface area contributed by atoms with Gasteiger partial charge in [0.1, 0.15) is 0 Å². The molecule has 2 N–H and O–H groups in total. The van der Waals surface area contributed by atoms with Crippen molar-refractivity contribution in [2.75, 3.05) is 0 Å². The van der Waals surface area contributed by atoms with E-state index in [0.29, 0.717) is 10.8 Å². The average molecular weight is 338 g/mol. The highest BCUT2D eigenvalue weighted by Gasteiger charge is 2.57. The number of aromatic nitrogens is 2. The van der Waals surface area contributed by atoms with Crippen LogP contribution >= 0.6 is 0 Å². The van der Waals surface area contributed by atoms with E-state index >= 15 is 0 Å². The summed E-state index contributed by atoms with van der Waals surface area (Å²) in [6.07, 6.45) is 14.8. The molecule has 5 rings (SSSR count). The molecule has 134 valence electrons. The van der Waals surface area contributed by atoms with Crippen molar-refractivity contribution in [2.24, 2.45) is 28.6 Å². The van der Waals surface area contributed by atoms with Crippen molar-refractivity contribution in [3.8, 4) is 0 Å². The van der Waals surface area contributed by atoms with Gasteiger partial charge in [-0.15, -0.1) is 0 Å². The highest BCUT2D eigenvalue weighted by molar-refractivity contribution is 5.70. The van der Waals surface area contributed by atoms with E-state index in [1.165, 1.54) is 49.8 Å². The second-order valence-corrected chi connectivity index (χ2v) is 9.41. The first-order chi connectivity index (χ1) is 12.0. The second-order valence-electron chi connectivity index (χ2n) is 9.41. The zero-order valence-corrected chi connectivity index (χ0v) is 15.5. The second kappa shape index (κ2) is 5.33. The summed E-state index contributed by atoms with van der Waals surface area (Å²) in [5.41, 5.74) is 4.95. The third-order valence-electron chi connectivity index (χ3n) is 8.46. The lowest BCUT2D eigenvalue weighted by Gasteiger charge is -2.58. The summed E-state index contributed by atoms with van der Waals surface area (Å²) < 4.78 is 0. The van der Waals surface area contributed by atoms with Crippen LogP contribution in [0.4, 0.5) is 0 Å². The summed E-state index contributed by atoms with van der Waals surface area (Å²) in [5.74, 6) is 2.40. The van der Waals surface area contributed by atoms with E-state index in [2.05, 4.69) is 42.3 Å². The Kier molecular flexibility index (Phi) is 3.38. The van der Waals surface area contributed by atoms with E-state index in [1.807, 2.05) is 6.20 Å². The molecule has 2 saturated carbocycles. The average Bonchev–Trinajstić information content (AvgIpc) is 3.22. The zero-order valence-electron chi connectivity index (χ0n) is 15.5. The Morgan fingerprint density at radius 1 is 1.12 bits per heavy atom. The lowest BCUT2D eigenvalue weighted by molar-refractivity contribution is -0.0282. The molecule has 3 nitrogen and oxygen atoms in total. The molecule has 0 radical (unpaired) electrons. The van der Waals surface area contributed by atoms with Gasteiger partial charge in [-0.2, -0.15) is 5.10 Å². The first-order valence-corrected chi connectivity index (χ1v) is 10.1. The Morgan fingerprint density at radius 2 is 1.96 bits per heavy atom. The fourth-order valence-corrected chi connectivity index (χ4v) is 7.10. The van der Waals surface area contributed by atoms with Crippen molar-refractivity contribution in [3.63, 3.8) is 0 Å².